The number of carbonyl (C=O) groups excluding carboxylic acids is 2. The second-order valence-electron chi connectivity index (χ2n) is 10.6. The number of carbonyl (C=O) groups is 2. The first-order valence-electron chi connectivity index (χ1n) is 12.2. The van der Waals surface area contributed by atoms with Gasteiger partial charge in [-0.3, -0.25) is 14.6 Å². The van der Waals surface area contributed by atoms with E-state index < -0.39 is 5.41 Å². The van der Waals surface area contributed by atoms with Crippen molar-refractivity contribution in [2.24, 2.45) is 34.8 Å². The number of hydrogen-bond donors (Lipinski definition) is 3. The highest BCUT2D eigenvalue weighted by atomic mass is 19.1. The minimum Gasteiger partial charge on any atom is -0.354 e. The van der Waals surface area contributed by atoms with E-state index in [2.05, 4.69) is 29.5 Å². The first kappa shape index (κ1) is 24.3. The molecule has 1 aromatic carbocycles. The van der Waals surface area contributed by atoms with Crippen molar-refractivity contribution in [3.63, 3.8) is 0 Å². The molecule has 1 heterocycles. The summed E-state index contributed by atoms with van der Waals surface area (Å²) in [7, 11) is 0. The topological polar surface area (TPSA) is 97.1 Å². The Hall–Kier alpha value is -2.80. The summed E-state index contributed by atoms with van der Waals surface area (Å²) in [6.45, 7) is 4.73. The van der Waals surface area contributed by atoms with Gasteiger partial charge in [-0.15, -0.1) is 0 Å². The molecular weight excluding hydrogens is 431 g/mol. The van der Waals surface area contributed by atoms with Crippen LogP contribution in [0.5, 0.6) is 0 Å². The summed E-state index contributed by atoms with van der Waals surface area (Å²) in [5.74, 6) is 1.18. The highest BCUT2D eigenvalue weighted by Gasteiger charge is 2.49. The van der Waals surface area contributed by atoms with E-state index in [1.165, 1.54) is 12.1 Å². The van der Waals surface area contributed by atoms with Gasteiger partial charge in [0.1, 0.15) is 5.82 Å². The lowest BCUT2D eigenvalue weighted by molar-refractivity contribution is -0.131. The molecule has 2 aromatic rings. The predicted molar refractivity (Wildman–Crippen MR) is 130 cm³/mol. The first-order valence-corrected chi connectivity index (χ1v) is 12.2. The van der Waals surface area contributed by atoms with Gasteiger partial charge in [-0.05, 0) is 79.2 Å². The van der Waals surface area contributed by atoms with Crippen LogP contribution in [0.15, 0.2) is 48.8 Å². The fraction of sp³-hybridized carbons (Fsp3) is 0.519. The van der Waals surface area contributed by atoms with E-state index in [0.29, 0.717) is 24.3 Å². The lowest BCUT2D eigenvalue weighted by Crippen LogP contribution is -2.53. The van der Waals surface area contributed by atoms with Crippen LogP contribution in [-0.4, -0.2) is 29.4 Å². The van der Waals surface area contributed by atoms with Gasteiger partial charge in [-0.2, -0.15) is 0 Å². The Kier molecular flexibility index (Phi) is 7.31. The van der Waals surface area contributed by atoms with Gasteiger partial charge < -0.3 is 16.4 Å². The number of anilines is 1. The van der Waals surface area contributed by atoms with Crippen molar-refractivity contribution in [3.8, 4) is 0 Å². The van der Waals surface area contributed by atoms with Crippen molar-refractivity contribution in [2.75, 3.05) is 11.9 Å². The molecule has 4 rings (SSSR count). The van der Waals surface area contributed by atoms with Crippen LogP contribution in [0, 0.1) is 34.9 Å². The quantitative estimate of drug-likeness (QED) is 0.576. The molecule has 2 fully saturated rings. The van der Waals surface area contributed by atoms with Crippen LogP contribution in [0.4, 0.5) is 10.1 Å². The molecular formula is C27H35FN4O2. The number of amides is 2. The number of benzene rings is 1. The molecule has 2 amide bonds. The number of halogens is 1. The minimum atomic E-state index is -0.444. The largest absolute Gasteiger partial charge is 0.354 e. The van der Waals surface area contributed by atoms with E-state index >= 15 is 0 Å². The molecule has 4 N–H and O–H groups in total. The first-order chi connectivity index (χ1) is 16.2. The SMILES string of the molecule is CC1CC2CC(CC(C)(C(=O)Nc3ccncc3)C2)C1C(N)CNC(=O)Cc1ccc(F)cc1. The molecule has 7 heteroatoms. The van der Waals surface area contributed by atoms with Crippen LogP contribution in [-0.2, 0) is 16.0 Å². The van der Waals surface area contributed by atoms with Crippen molar-refractivity contribution in [3.05, 3.63) is 60.2 Å². The third kappa shape index (κ3) is 5.63. The molecule has 2 saturated carbocycles. The fourth-order valence-electron chi connectivity index (χ4n) is 6.41. The van der Waals surface area contributed by atoms with Crippen molar-refractivity contribution >= 4 is 17.5 Å². The Balaban J connectivity index is 1.36. The average molecular weight is 467 g/mol. The number of fused-ring (bicyclic) bond motifs is 2. The lowest BCUT2D eigenvalue weighted by atomic mass is 9.54. The minimum absolute atomic E-state index is 0.0582. The summed E-state index contributed by atoms with van der Waals surface area (Å²) in [5.41, 5.74) is 7.74. The Morgan fingerprint density at radius 3 is 2.56 bits per heavy atom. The number of hydrogen-bond acceptors (Lipinski definition) is 4. The number of aromatic nitrogens is 1. The zero-order valence-electron chi connectivity index (χ0n) is 20.0. The number of nitrogens with zero attached hydrogens (tertiary/aromatic N) is 1. The van der Waals surface area contributed by atoms with Crippen LogP contribution in [0.3, 0.4) is 0 Å². The van der Waals surface area contributed by atoms with Crippen molar-refractivity contribution in [2.45, 2.75) is 52.0 Å². The molecule has 0 radical (unpaired) electrons. The van der Waals surface area contributed by atoms with Crippen LogP contribution in [0.2, 0.25) is 0 Å². The molecule has 1 aromatic heterocycles. The van der Waals surface area contributed by atoms with Crippen molar-refractivity contribution in [1.82, 2.24) is 10.3 Å². The molecule has 6 nitrogen and oxygen atoms in total. The van der Waals surface area contributed by atoms with E-state index in [9.17, 15) is 14.0 Å². The number of nitrogens with two attached hydrogens (primary N) is 1. The Morgan fingerprint density at radius 1 is 1.15 bits per heavy atom. The highest BCUT2D eigenvalue weighted by molar-refractivity contribution is 5.95. The summed E-state index contributed by atoms with van der Waals surface area (Å²) < 4.78 is 13.1. The maximum Gasteiger partial charge on any atom is 0.230 e. The monoisotopic (exact) mass is 466 g/mol. The summed E-state index contributed by atoms with van der Waals surface area (Å²) >= 11 is 0. The normalized spacial score (nSPS) is 29.2. The van der Waals surface area contributed by atoms with E-state index in [1.807, 2.05) is 0 Å². The number of rotatable bonds is 7. The molecule has 0 aliphatic heterocycles. The van der Waals surface area contributed by atoms with Gasteiger partial charge in [0.2, 0.25) is 11.8 Å². The van der Waals surface area contributed by atoms with Gasteiger partial charge in [-0.25, -0.2) is 4.39 Å². The molecule has 0 saturated heterocycles. The summed E-state index contributed by atoms with van der Waals surface area (Å²) in [6.07, 6.45) is 7.38. The average Bonchev–Trinajstić information content (AvgIpc) is 2.79. The van der Waals surface area contributed by atoms with Gasteiger partial charge in [0.15, 0.2) is 0 Å². The Bertz CT molecular complexity index is 997. The van der Waals surface area contributed by atoms with E-state index in [1.54, 1.807) is 36.7 Å². The maximum atomic E-state index is 13.2. The second kappa shape index (κ2) is 10.2. The van der Waals surface area contributed by atoms with Crippen LogP contribution in [0.25, 0.3) is 0 Å². The van der Waals surface area contributed by atoms with Crippen LogP contribution >= 0.6 is 0 Å². The van der Waals surface area contributed by atoms with Crippen molar-refractivity contribution in [1.29, 1.82) is 0 Å². The fourth-order valence-corrected chi connectivity index (χ4v) is 6.41. The van der Waals surface area contributed by atoms with Gasteiger partial charge in [0.25, 0.3) is 0 Å². The zero-order valence-corrected chi connectivity index (χ0v) is 20.0. The van der Waals surface area contributed by atoms with Gasteiger partial charge in [0, 0.05) is 36.1 Å². The summed E-state index contributed by atoms with van der Waals surface area (Å²) in [6, 6.07) is 9.40. The van der Waals surface area contributed by atoms with E-state index in [4.69, 9.17) is 5.73 Å². The summed E-state index contributed by atoms with van der Waals surface area (Å²) in [4.78, 5) is 29.7. The van der Waals surface area contributed by atoms with E-state index in [-0.39, 0.29) is 36.0 Å². The third-order valence-electron chi connectivity index (χ3n) is 7.79. The Labute approximate surface area is 200 Å². The molecule has 2 aliphatic carbocycles. The van der Waals surface area contributed by atoms with Gasteiger partial charge in [-0.1, -0.05) is 26.0 Å². The highest BCUT2D eigenvalue weighted by Crippen LogP contribution is 2.53. The zero-order chi connectivity index (χ0) is 24.3. The number of pyridine rings is 1. The molecule has 6 unspecified atom stereocenters. The predicted octanol–water partition coefficient (Wildman–Crippen LogP) is 3.92. The molecule has 2 bridgehead atoms. The molecule has 0 spiro atoms. The number of nitrogens with one attached hydrogen (secondary N) is 2. The Morgan fingerprint density at radius 2 is 1.85 bits per heavy atom. The summed E-state index contributed by atoms with van der Waals surface area (Å²) in [5, 5.41) is 6.04. The van der Waals surface area contributed by atoms with Crippen molar-refractivity contribution < 1.29 is 14.0 Å². The lowest BCUT2D eigenvalue weighted by Gasteiger charge is -2.51. The van der Waals surface area contributed by atoms with Crippen LogP contribution < -0.4 is 16.4 Å². The van der Waals surface area contributed by atoms with Crippen LogP contribution in [0.1, 0.15) is 45.1 Å². The smallest absolute Gasteiger partial charge is 0.230 e. The van der Waals surface area contributed by atoms with E-state index in [0.717, 1.165) is 36.9 Å². The second-order valence-corrected chi connectivity index (χ2v) is 10.6. The molecule has 34 heavy (non-hydrogen) atoms. The van der Waals surface area contributed by atoms with Gasteiger partial charge >= 0.3 is 0 Å². The van der Waals surface area contributed by atoms with Gasteiger partial charge in [0.05, 0.1) is 6.42 Å². The third-order valence-corrected chi connectivity index (χ3v) is 7.79. The molecule has 6 atom stereocenters. The molecule has 2 aliphatic rings. The maximum absolute atomic E-state index is 13.2. The molecule has 182 valence electrons. The standard InChI is InChI=1S/C27H35FN4O2/c1-17-11-19-12-20(15-27(2,14-19)26(34)32-22-7-9-30-10-8-22)25(17)23(29)16-31-24(33)13-18-3-5-21(28)6-4-18/h3-10,17,19-20,23,25H,11-16,29H2,1-2H3,(H,31,33)(H,30,32,34).